The average Bonchev–Trinajstić information content (AvgIpc) is 2.14. The van der Waals surface area contributed by atoms with Crippen LogP contribution in [-0.4, -0.2) is 24.9 Å². The first-order valence-corrected chi connectivity index (χ1v) is 6.00. The first kappa shape index (κ1) is 15.5. The Bertz CT molecular complexity index is 439. The average molecular weight is 287 g/mol. The van der Waals surface area contributed by atoms with Gasteiger partial charge in [0.15, 0.2) is 5.37 Å². The Morgan fingerprint density at radius 1 is 1.44 bits per heavy atom. The molecule has 5 nitrogen and oxygen atoms in total. The molecule has 1 unspecified atom stereocenters. The minimum Gasteiger partial charge on any atom is -0.365 e. The van der Waals surface area contributed by atoms with E-state index in [1.165, 1.54) is 0 Å². The second kappa shape index (κ2) is 6.27. The monoisotopic (exact) mass is 286 g/mol. The SMILES string of the molecule is Cl.NCC(Nc1ccccc1Cl)S(=O)(=O)O. The number of nitrogens with one attached hydrogen (secondary N) is 1. The number of halogens is 2. The first-order valence-electron chi connectivity index (χ1n) is 4.12. The Hall–Kier alpha value is -0.530. The zero-order valence-corrected chi connectivity index (χ0v) is 10.5. The molecule has 0 fully saturated rings. The van der Waals surface area contributed by atoms with Gasteiger partial charge in [0.2, 0.25) is 0 Å². The molecule has 0 saturated carbocycles. The third kappa shape index (κ3) is 4.15. The standard InChI is InChI=1S/C8H11ClN2O3S.ClH/c9-6-3-1-2-4-7(6)11-8(5-10)15(12,13)14;/h1-4,8,11H,5,10H2,(H,12,13,14);1H. The summed E-state index contributed by atoms with van der Waals surface area (Å²) in [6.45, 7) is -0.246. The summed E-state index contributed by atoms with van der Waals surface area (Å²) in [5.74, 6) is 0. The van der Waals surface area contributed by atoms with Crippen molar-refractivity contribution in [3.63, 3.8) is 0 Å². The van der Waals surface area contributed by atoms with Crippen LogP contribution in [-0.2, 0) is 10.1 Å². The maximum Gasteiger partial charge on any atom is 0.287 e. The molecule has 1 atom stereocenters. The number of rotatable bonds is 4. The minimum absolute atomic E-state index is 0. The molecule has 0 bridgehead atoms. The van der Waals surface area contributed by atoms with Gasteiger partial charge in [-0.1, -0.05) is 23.7 Å². The second-order valence-electron chi connectivity index (χ2n) is 2.86. The molecule has 0 amide bonds. The van der Waals surface area contributed by atoms with Crippen LogP contribution in [0, 0.1) is 0 Å². The van der Waals surface area contributed by atoms with E-state index in [0.717, 1.165) is 0 Å². The fourth-order valence-corrected chi connectivity index (χ4v) is 1.72. The van der Waals surface area contributed by atoms with Gasteiger partial charge in [-0.2, -0.15) is 8.42 Å². The lowest BCUT2D eigenvalue weighted by atomic mass is 10.3. The van der Waals surface area contributed by atoms with Crippen LogP contribution in [0.1, 0.15) is 0 Å². The van der Waals surface area contributed by atoms with Crippen LogP contribution in [0.3, 0.4) is 0 Å². The van der Waals surface area contributed by atoms with Crippen LogP contribution < -0.4 is 11.1 Å². The molecule has 8 heteroatoms. The van der Waals surface area contributed by atoms with Gasteiger partial charge in [-0.3, -0.25) is 4.55 Å². The lowest BCUT2D eigenvalue weighted by molar-refractivity contribution is 0.472. The molecule has 1 aromatic rings. The van der Waals surface area contributed by atoms with E-state index in [1.54, 1.807) is 24.3 Å². The van der Waals surface area contributed by atoms with E-state index in [1.807, 2.05) is 0 Å². The number of hydrogen-bond acceptors (Lipinski definition) is 4. The lowest BCUT2D eigenvalue weighted by Crippen LogP contribution is -2.36. The highest BCUT2D eigenvalue weighted by Crippen LogP contribution is 2.21. The Labute approximate surface area is 105 Å². The van der Waals surface area contributed by atoms with Gasteiger partial charge >= 0.3 is 0 Å². The molecule has 0 aliphatic rings. The van der Waals surface area contributed by atoms with Crippen LogP contribution in [0.4, 0.5) is 5.69 Å². The summed E-state index contributed by atoms with van der Waals surface area (Å²) in [4.78, 5) is 0. The summed E-state index contributed by atoms with van der Waals surface area (Å²) in [6, 6.07) is 6.59. The van der Waals surface area contributed by atoms with Gasteiger partial charge in [-0.05, 0) is 12.1 Å². The van der Waals surface area contributed by atoms with Crippen molar-refractivity contribution in [3.05, 3.63) is 29.3 Å². The number of hydrogen-bond donors (Lipinski definition) is 3. The Kier molecular flexibility index (Phi) is 6.06. The Morgan fingerprint density at radius 3 is 2.44 bits per heavy atom. The topological polar surface area (TPSA) is 92.4 Å². The van der Waals surface area contributed by atoms with Gasteiger partial charge in [0.1, 0.15) is 0 Å². The molecule has 0 spiro atoms. The minimum atomic E-state index is -4.22. The summed E-state index contributed by atoms with van der Waals surface area (Å²) in [6.07, 6.45) is 0. The van der Waals surface area contributed by atoms with Crippen molar-refractivity contribution in [2.24, 2.45) is 5.73 Å². The molecule has 0 aromatic heterocycles. The zero-order chi connectivity index (χ0) is 11.5. The fourth-order valence-electron chi connectivity index (χ4n) is 1.01. The second-order valence-corrected chi connectivity index (χ2v) is 4.87. The van der Waals surface area contributed by atoms with E-state index in [2.05, 4.69) is 5.32 Å². The van der Waals surface area contributed by atoms with Crippen molar-refractivity contribution in [1.29, 1.82) is 0 Å². The summed E-state index contributed by atoms with van der Waals surface area (Å²) < 4.78 is 30.5. The van der Waals surface area contributed by atoms with Crippen LogP contribution >= 0.6 is 24.0 Å². The molecule has 0 heterocycles. The third-order valence-electron chi connectivity index (χ3n) is 1.76. The molecule has 0 aliphatic heterocycles. The van der Waals surface area contributed by atoms with Gasteiger partial charge in [0.05, 0.1) is 10.7 Å². The summed E-state index contributed by atoms with van der Waals surface area (Å²) >= 11 is 5.80. The van der Waals surface area contributed by atoms with Gasteiger partial charge in [0.25, 0.3) is 10.1 Å². The molecule has 4 N–H and O–H groups in total. The molecular weight excluding hydrogens is 275 g/mol. The van der Waals surface area contributed by atoms with Crippen molar-refractivity contribution in [2.45, 2.75) is 5.37 Å². The van der Waals surface area contributed by atoms with Crippen molar-refractivity contribution < 1.29 is 13.0 Å². The predicted molar refractivity (Wildman–Crippen MR) is 66.7 cm³/mol. The van der Waals surface area contributed by atoms with Crippen molar-refractivity contribution in [1.82, 2.24) is 0 Å². The molecule has 1 rings (SSSR count). The highest BCUT2D eigenvalue weighted by atomic mass is 35.5. The van der Waals surface area contributed by atoms with E-state index in [9.17, 15) is 8.42 Å². The smallest absolute Gasteiger partial charge is 0.287 e. The van der Waals surface area contributed by atoms with Crippen LogP contribution in [0.2, 0.25) is 5.02 Å². The van der Waals surface area contributed by atoms with E-state index in [-0.39, 0.29) is 19.0 Å². The van der Waals surface area contributed by atoms with Crippen molar-refractivity contribution >= 4 is 39.8 Å². The molecular formula is C8H12Cl2N2O3S. The molecule has 92 valence electrons. The summed E-state index contributed by atoms with van der Waals surface area (Å²) in [5, 5.41) is 1.65. The largest absolute Gasteiger partial charge is 0.365 e. The van der Waals surface area contributed by atoms with E-state index < -0.39 is 15.5 Å². The molecule has 0 radical (unpaired) electrons. The Morgan fingerprint density at radius 2 is 2.00 bits per heavy atom. The van der Waals surface area contributed by atoms with Crippen molar-refractivity contribution in [2.75, 3.05) is 11.9 Å². The lowest BCUT2D eigenvalue weighted by Gasteiger charge is -2.15. The molecule has 0 aliphatic carbocycles. The van der Waals surface area contributed by atoms with Gasteiger partial charge in [-0.25, -0.2) is 0 Å². The highest BCUT2D eigenvalue weighted by molar-refractivity contribution is 7.86. The van der Waals surface area contributed by atoms with Gasteiger partial charge < -0.3 is 11.1 Å². The highest BCUT2D eigenvalue weighted by Gasteiger charge is 2.21. The van der Waals surface area contributed by atoms with Crippen LogP contribution in [0.25, 0.3) is 0 Å². The van der Waals surface area contributed by atoms with E-state index in [0.29, 0.717) is 10.7 Å². The molecule has 16 heavy (non-hydrogen) atoms. The quantitative estimate of drug-likeness (QED) is 0.727. The normalized spacial score (nSPS) is 12.7. The first-order chi connectivity index (χ1) is 6.95. The summed E-state index contributed by atoms with van der Waals surface area (Å²) in [7, 11) is -4.22. The van der Waals surface area contributed by atoms with Gasteiger partial charge in [-0.15, -0.1) is 12.4 Å². The number of anilines is 1. The zero-order valence-electron chi connectivity index (χ0n) is 8.13. The van der Waals surface area contributed by atoms with Gasteiger partial charge in [0, 0.05) is 6.54 Å². The molecule has 0 saturated heterocycles. The van der Waals surface area contributed by atoms with E-state index >= 15 is 0 Å². The predicted octanol–water partition coefficient (Wildman–Crippen LogP) is 1.35. The number of nitrogens with two attached hydrogens (primary N) is 1. The van der Waals surface area contributed by atoms with Crippen molar-refractivity contribution in [3.8, 4) is 0 Å². The van der Waals surface area contributed by atoms with Crippen LogP contribution in [0.15, 0.2) is 24.3 Å². The maximum atomic E-state index is 10.8. The maximum absolute atomic E-state index is 10.8. The molecule has 1 aromatic carbocycles. The van der Waals surface area contributed by atoms with Crippen LogP contribution in [0.5, 0.6) is 0 Å². The fraction of sp³-hybridized carbons (Fsp3) is 0.250. The number of benzene rings is 1. The number of para-hydroxylation sites is 1. The third-order valence-corrected chi connectivity index (χ3v) is 3.12. The van der Waals surface area contributed by atoms with E-state index in [4.69, 9.17) is 21.9 Å². The Balaban J connectivity index is 0.00000225. The summed E-state index contributed by atoms with van der Waals surface area (Å²) in [5.41, 5.74) is 5.62.